The van der Waals surface area contributed by atoms with E-state index < -0.39 is 0 Å². The zero-order valence-corrected chi connectivity index (χ0v) is 11.8. The fourth-order valence-corrected chi connectivity index (χ4v) is 3.06. The second kappa shape index (κ2) is 5.76. The average Bonchev–Trinajstić information content (AvgIpc) is 2.49. The van der Waals surface area contributed by atoms with Crippen LogP contribution in [-0.4, -0.2) is 0 Å². The zero-order valence-electron chi connectivity index (χ0n) is 11.8. The fraction of sp³-hybridized carbons (Fsp3) is 0.333. The topological polar surface area (TPSA) is 12.0 Å². The molecule has 2 unspecified atom stereocenters. The molecule has 2 aromatic carbocycles. The summed E-state index contributed by atoms with van der Waals surface area (Å²) >= 11 is 0. The SMILES string of the molecule is CC1CCC(NCc2ccc(F)cc2)c2ccccc21. The maximum atomic E-state index is 12.9. The normalized spacial score (nSPS) is 21.5. The van der Waals surface area contributed by atoms with Gasteiger partial charge in [0.2, 0.25) is 0 Å². The van der Waals surface area contributed by atoms with E-state index in [2.05, 4.69) is 36.5 Å². The highest BCUT2D eigenvalue weighted by molar-refractivity contribution is 5.35. The Morgan fingerprint density at radius 3 is 2.45 bits per heavy atom. The first kappa shape index (κ1) is 13.3. The van der Waals surface area contributed by atoms with Crippen molar-refractivity contribution in [2.75, 3.05) is 0 Å². The summed E-state index contributed by atoms with van der Waals surface area (Å²) in [4.78, 5) is 0. The summed E-state index contributed by atoms with van der Waals surface area (Å²) < 4.78 is 12.9. The lowest BCUT2D eigenvalue weighted by Crippen LogP contribution is -2.25. The molecular weight excluding hydrogens is 249 g/mol. The van der Waals surface area contributed by atoms with Crippen molar-refractivity contribution >= 4 is 0 Å². The zero-order chi connectivity index (χ0) is 13.9. The van der Waals surface area contributed by atoms with Gasteiger partial charge < -0.3 is 5.32 Å². The molecule has 0 saturated carbocycles. The molecular formula is C18H20FN. The Kier molecular flexibility index (Phi) is 3.83. The van der Waals surface area contributed by atoms with Crippen molar-refractivity contribution in [1.29, 1.82) is 0 Å². The van der Waals surface area contributed by atoms with Gasteiger partial charge in [-0.25, -0.2) is 4.39 Å². The van der Waals surface area contributed by atoms with E-state index in [0.29, 0.717) is 12.0 Å². The molecule has 1 aliphatic rings. The molecule has 0 radical (unpaired) electrons. The van der Waals surface area contributed by atoms with E-state index >= 15 is 0 Å². The van der Waals surface area contributed by atoms with E-state index in [0.717, 1.165) is 12.1 Å². The van der Waals surface area contributed by atoms with Crippen molar-refractivity contribution in [3.05, 3.63) is 71.0 Å². The lowest BCUT2D eigenvalue weighted by atomic mass is 9.81. The van der Waals surface area contributed by atoms with Crippen molar-refractivity contribution in [2.24, 2.45) is 0 Å². The van der Waals surface area contributed by atoms with Crippen LogP contribution in [0.2, 0.25) is 0 Å². The molecule has 2 heteroatoms. The second-order valence-corrected chi connectivity index (χ2v) is 5.67. The number of fused-ring (bicyclic) bond motifs is 1. The minimum atomic E-state index is -0.175. The number of hydrogen-bond donors (Lipinski definition) is 1. The summed E-state index contributed by atoms with van der Waals surface area (Å²) in [6.45, 7) is 3.09. The molecule has 0 amide bonds. The van der Waals surface area contributed by atoms with Gasteiger partial charge in [-0.15, -0.1) is 0 Å². The second-order valence-electron chi connectivity index (χ2n) is 5.67. The van der Waals surface area contributed by atoms with Gasteiger partial charge in [0.1, 0.15) is 5.82 Å². The third-order valence-corrected chi connectivity index (χ3v) is 4.26. The van der Waals surface area contributed by atoms with E-state index in [-0.39, 0.29) is 5.82 Å². The van der Waals surface area contributed by atoms with Gasteiger partial charge in [-0.3, -0.25) is 0 Å². The number of halogens is 1. The van der Waals surface area contributed by atoms with Gasteiger partial charge in [0, 0.05) is 12.6 Å². The van der Waals surface area contributed by atoms with Crippen LogP contribution in [0.3, 0.4) is 0 Å². The lowest BCUT2D eigenvalue weighted by molar-refractivity contribution is 0.431. The van der Waals surface area contributed by atoms with Crippen LogP contribution in [0.4, 0.5) is 4.39 Å². The molecule has 104 valence electrons. The molecule has 0 aliphatic heterocycles. The van der Waals surface area contributed by atoms with E-state index in [1.807, 2.05) is 12.1 Å². The maximum absolute atomic E-state index is 12.9. The molecule has 0 aromatic heterocycles. The number of hydrogen-bond acceptors (Lipinski definition) is 1. The summed E-state index contributed by atoms with van der Waals surface area (Å²) in [6, 6.07) is 15.9. The van der Waals surface area contributed by atoms with Crippen LogP contribution in [0.25, 0.3) is 0 Å². The van der Waals surface area contributed by atoms with Crippen LogP contribution in [0, 0.1) is 5.82 Å². The molecule has 0 saturated heterocycles. The Labute approximate surface area is 119 Å². The minimum Gasteiger partial charge on any atom is -0.306 e. The quantitative estimate of drug-likeness (QED) is 0.861. The third-order valence-electron chi connectivity index (χ3n) is 4.26. The molecule has 0 heterocycles. The number of benzene rings is 2. The average molecular weight is 269 g/mol. The fourth-order valence-electron chi connectivity index (χ4n) is 3.06. The first-order valence-corrected chi connectivity index (χ1v) is 7.30. The highest BCUT2D eigenvalue weighted by Crippen LogP contribution is 2.37. The largest absolute Gasteiger partial charge is 0.306 e. The summed E-state index contributed by atoms with van der Waals surface area (Å²) in [6.07, 6.45) is 2.39. The van der Waals surface area contributed by atoms with Crippen LogP contribution in [0.15, 0.2) is 48.5 Å². The number of nitrogens with one attached hydrogen (secondary N) is 1. The van der Waals surface area contributed by atoms with Gasteiger partial charge in [-0.1, -0.05) is 43.3 Å². The Morgan fingerprint density at radius 1 is 1.00 bits per heavy atom. The molecule has 1 N–H and O–H groups in total. The van der Waals surface area contributed by atoms with Gasteiger partial charge in [0.25, 0.3) is 0 Å². The van der Waals surface area contributed by atoms with Crippen molar-refractivity contribution < 1.29 is 4.39 Å². The standard InChI is InChI=1S/C18H20FN/c1-13-6-11-18(17-5-3-2-4-16(13)17)20-12-14-7-9-15(19)10-8-14/h2-5,7-10,13,18,20H,6,11-12H2,1H3. The van der Waals surface area contributed by atoms with Crippen molar-refractivity contribution in [3.63, 3.8) is 0 Å². The van der Waals surface area contributed by atoms with E-state index in [1.54, 1.807) is 0 Å². The summed E-state index contributed by atoms with van der Waals surface area (Å²) in [7, 11) is 0. The van der Waals surface area contributed by atoms with E-state index in [4.69, 9.17) is 0 Å². The molecule has 2 aromatic rings. The van der Waals surface area contributed by atoms with Gasteiger partial charge in [0.15, 0.2) is 0 Å². The molecule has 2 atom stereocenters. The summed E-state index contributed by atoms with van der Waals surface area (Å²) in [5.41, 5.74) is 4.02. The monoisotopic (exact) mass is 269 g/mol. The van der Waals surface area contributed by atoms with Crippen LogP contribution in [-0.2, 0) is 6.54 Å². The van der Waals surface area contributed by atoms with E-state index in [9.17, 15) is 4.39 Å². The highest BCUT2D eigenvalue weighted by atomic mass is 19.1. The summed E-state index contributed by atoms with van der Waals surface area (Å²) in [5.74, 6) is 0.473. The highest BCUT2D eigenvalue weighted by Gasteiger charge is 2.23. The predicted molar refractivity (Wildman–Crippen MR) is 80.1 cm³/mol. The van der Waals surface area contributed by atoms with Gasteiger partial charge in [0.05, 0.1) is 0 Å². The molecule has 0 bridgehead atoms. The Hall–Kier alpha value is -1.67. The molecule has 0 spiro atoms. The van der Waals surface area contributed by atoms with Gasteiger partial charge >= 0.3 is 0 Å². The van der Waals surface area contributed by atoms with Gasteiger partial charge in [-0.2, -0.15) is 0 Å². The van der Waals surface area contributed by atoms with Crippen LogP contribution in [0.5, 0.6) is 0 Å². The molecule has 1 aliphatic carbocycles. The minimum absolute atomic E-state index is 0.175. The summed E-state index contributed by atoms with van der Waals surface area (Å²) in [5, 5.41) is 3.61. The first-order valence-electron chi connectivity index (χ1n) is 7.30. The Bertz CT molecular complexity index is 576. The Morgan fingerprint density at radius 2 is 1.70 bits per heavy atom. The van der Waals surface area contributed by atoms with Crippen molar-refractivity contribution in [3.8, 4) is 0 Å². The first-order chi connectivity index (χ1) is 9.74. The molecule has 1 nitrogen and oxygen atoms in total. The van der Waals surface area contributed by atoms with Crippen molar-refractivity contribution in [1.82, 2.24) is 5.32 Å². The van der Waals surface area contributed by atoms with Crippen LogP contribution < -0.4 is 5.32 Å². The van der Waals surface area contributed by atoms with Crippen LogP contribution in [0.1, 0.15) is 48.4 Å². The van der Waals surface area contributed by atoms with Crippen molar-refractivity contribution in [2.45, 2.75) is 38.3 Å². The molecule has 3 rings (SSSR count). The van der Waals surface area contributed by atoms with E-state index in [1.165, 1.54) is 36.1 Å². The molecule has 0 fully saturated rings. The smallest absolute Gasteiger partial charge is 0.123 e. The maximum Gasteiger partial charge on any atom is 0.123 e. The Balaban J connectivity index is 1.72. The molecule has 20 heavy (non-hydrogen) atoms. The predicted octanol–water partition coefficient (Wildman–Crippen LogP) is 4.55. The van der Waals surface area contributed by atoms with Gasteiger partial charge in [-0.05, 0) is 47.6 Å². The van der Waals surface area contributed by atoms with Crippen LogP contribution >= 0.6 is 0 Å². The third kappa shape index (κ3) is 2.75. The number of rotatable bonds is 3. The lowest BCUT2D eigenvalue weighted by Gasteiger charge is -2.30.